The number of thiophene rings is 2. The van der Waals surface area contributed by atoms with Gasteiger partial charge in [0.2, 0.25) is 0 Å². The number of hydrogen-bond acceptors (Lipinski definition) is 5. The molecule has 3 aromatic heterocycles. The molecule has 1 aliphatic rings. The lowest BCUT2D eigenvalue weighted by Crippen LogP contribution is -2.48. The Morgan fingerprint density at radius 3 is 1.65 bits per heavy atom. The molecule has 0 unspecified atom stereocenters. The number of carbonyl (C=O) groups is 2. The third-order valence-corrected chi connectivity index (χ3v) is 10.9. The van der Waals surface area contributed by atoms with Gasteiger partial charge in [-0.2, -0.15) is 26.3 Å². The van der Waals surface area contributed by atoms with E-state index in [1.165, 1.54) is 41.8 Å². The van der Waals surface area contributed by atoms with Gasteiger partial charge < -0.3 is 9.80 Å². The minimum absolute atomic E-state index is 0.0186. The van der Waals surface area contributed by atoms with Gasteiger partial charge in [0.15, 0.2) is 0 Å². The molecule has 2 amide bonds. The highest BCUT2D eigenvalue weighted by Gasteiger charge is 2.80. The Hall–Kier alpha value is -4.41. The van der Waals surface area contributed by atoms with Gasteiger partial charge in [0.1, 0.15) is 11.4 Å². The lowest BCUT2D eigenvalue weighted by atomic mass is 9.95. The summed E-state index contributed by atoms with van der Waals surface area (Å²) in [5.74, 6) is -11.3. The van der Waals surface area contributed by atoms with Crippen molar-refractivity contribution in [3.8, 4) is 22.3 Å². The number of carbonyl (C=O) groups excluding carboxylic acids is 2. The fraction of sp³-hybridized carbons (Fsp3) is 0.342. The van der Waals surface area contributed by atoms with E-state index in [-0.39, 0.29) is 37.1 Å². The second-order valence-electron chi connectivity index (χ2n) is 11.8. The van der Waals surface area contributed by atoms with E-state index in [0.29, 0.717) is 36.6 Å². The van der Waals surface area contributed by atoms with Gasteiger partial charge in [0, 0.05) is 57.5 Å². The molecular weight excluding hydrogens is 709 g/mol. The van der Waals surface area contributed by atoms with Crippen molar-refractivity contribution in [3.63, 3.8) is 0 Å². The third-order valence-electron chi connectivity index (χ3n) is 8.79. The number of allylic oxidation sites excluding steroid dienone is 2. The number of aromatic nitrogens is 1. The van der Waals surface area contributed by atoms with Gasteiger partial charge in [-0.1, -0.05) is 42.2 Å². The van der Waals surface area contributed by atoms with E-state index >= 15 is 26.3 Å². The number of benzene rings is 1. The van der Waals surface area contributed by atoms with E-state index < -0.39 is 46.3 Å². The van der Waals surface area contributed by atoms with Gasteiger partial charge in [-0.25, -0.2) is 4.98 Å². The third kappa shape index (κ3) is 6.60. The average Bonchev–Trinajstić information content (AvgIpc) is 3.70. The fourth-order valence-electron chi connectivity index (χ4n) is 6.00. The normalized spacial score (nSPS) is 15.8. The van der Waals surface area contributed by atoms with Crippen LogP contribution in [0.3, 0.4) is 0 Å². The van der Waals surface area contributed by atoms with Crippen molar-refractivity contribution in [3.05, 3.63) is 97.3 Å². The van der Waals surface area contributed by atoms with Crippen molar-refractivity contribution in [2.75, 3.05) is 26.2 Å². The van der Waals surface area contributed by atoms with Gasteiger partial charge in [-0.15, -0.1) is 22.7 Å². The van der Waals surface area contributed by atoms with Gasteiger partial charge in [0.25, 0.3) is 11.8 Å². The first-order chi connectivity index (χ1) is 24.0. The number of aryl methyl sites for hydroxylation is 2. The lowest BCUT2D eigenvalue weighted by molar-refractivity contribution is -0.254. The Labute approximate surface area is 300 Å². The van der Waals surface area contributed by atoms with Crippen LogP contribution in [0.15, 0.2) is 54.6 Å². The fourth-order valence-corrected chi connectivity index (χ4v) is 7.91. The summed E-state index contributed by atoms with van der Waals surface area (Å²) in [4.78, 5) is 34.7. The molecule has 0 fully saturated rings. The number of alkyl halides is 6. The van der Waals surface area contributed by atoms with Crippen molar-refractivity contribution in [2.24, 2.45) is 0 Å². The van der Waals surface area contributed by atoms with Crippen LogP contribution in [-0.2, 0) is 0 Å². The molecule has 1 aromatic carbocycles. The maximum absolute atomic E-state index is 15.7. The summed E-state index contributed by atoms with van der Waals surface area (Å²) in [5.41, 5.74) is -2.88. The average molecular weight is 744 g/mol. The Bertz CT molecular complexity index is 2020. The maximum Gasteiger partial charge on any atom is 0.380 e. The predicted octanol–water partition coefficient (Wildman–Crippen LogP) is 9.68. The van der Waals surface area contributed by atoms with Crippen LogP contribution in [0, 0.1) is 25.7 Å². The van der Waals surface area contributed by atoms with E-state index in [1.54, 1.807) is 58.0 Å². The second-order valence-corrected chi connectivity index (χ2v) is 14.3. The highest BCUT2D eigenvalue weighted by Crippen LogP contribution is 2.66. The molecule has 0 N–H and O–H groups in total. The largest absolute Gasteiger partial charge is 0.380 e. The molecule has 268 valence electrons. The summed E-state index contributed by atoms with van der Waals surface area (Å²) in [5, 5.41) is 0. The zero-order valence-electron chi connectivity index (χ0n) is 28.8. The van der Waals surface area contributed by atoms with E-state index in [4.69, 9.17) is 0 Å². The van der Waals surface area contributed by atoms with E-state index in [9.17, 15) is 9.59 Å². The van der Waals surface area contributed by atoms with Crippen LogP contribution in [0.1, 0.15) is 80.0 Å². The summed E-state index contributed by atoms with van der Waals surface area (Å²) < 4.78 is 93.0. The van der Waals surface area contributed by atoms with Crippen LogP contribution in [0.2, 0.25) is 0 Å². The first-order valence-corrected chi connectivity index (χ1v) is 17.9. The van der Waals surface area contributed by atoms with Gasteiger partial charge in [-0.3, -0.25) is 9.59 Å². The van der Waals surface area contributed by atoms with E-state index in [1.807, 2.05) is 0 Å². The van der Waals surface area contributed by atoms with Crippen LogP contribution in [0.4, 0.5) is 26.3 Å². The molecule has 51 heavy (non-hydrogen) atoms. The van der Waals surface area contributed by atoms with E-state index in [2.05, 4.69) is 16.8 Å². The number of hydrogen-bond donors (Lipinski definition) is 0. The molecule has 1 aliphatic carbocycles. The first kappa shape index (κ1) is 37.8. The Kier molecular flexibility index (Phi) is 10.6. The molecule has 13 heteroatoms. The van der Waals surface area contributed by atoms with Crippen LogP contribution in [0.25, 0.3) is 21.6 Å². The van der Waals surface area contributed by atoms with Crippen LogP contribution >= 0.6 is 22.7 Å². The van der Waals surface area contributed by atoms with Crippen LogP contribution < -0.4 is 0 Å². The highest BCUT2D eigenvalue weighted by atomic mass is 32.1. The quantitative estimate of drug-likeness (QED) is 0.127. The number of pyridine rings is 1. The topological polar surface area (TPSA) is 53.5 Å². The van der Waals surface area contributed by atoms with Gasteiger partial charge >= 0.3 is 17.8 Å². The highest BCUT2D eigenvalue weighted by molar-refractivity contribution is 7.15. The summed E-state index contributed by atoms with van der Waals surface area (Å²) >= 11 is 1.92. The van der Waals surface area contributed by atoms with Crippen molar-refractivity contribution in [2.45, 2.75) is 59.3 Å². The minimum atomic E-state index is -5.70. The molecule has 0 saturated carbocycles. The molecule has 0 atom stereocenters. The summed E-state index contributed by atoms with van der Waals surface area (Å²) in [7, 11) is 0. The molecule has 0 radical (unpaired) electrons. The summed E-state index contributed by atoms with van der Waals surface area (Å²) in [6.07, 6.45) is 0. The molecular formula is C38H35F6N3O2S2. The maximum atomic E-state index is 15.7. The standard InChI is InChI=1S/C38H35F6N3O2S2/c1-7-46(8-2)34(48)29-18-24(19-30(45-29)35(49)47(9-3)10-4)16-17-26-20-27(22(5)50-26)32-33(37(41,42)38(43,44)36(32,39)40)28-21-31(51-23(28)6)25-14-12-11-13-15-25/h11-15,18-21H,7-10H2,1-6H3. The lowest BCUT2D eigenvalue weighted by Gasteiger charge is -2.25. The molecule has 5 rings (SSSR count). The molecule has 0 saturated heterocycles. The smallest absolute Gasteiger partial charge is 0.338 e. The zero-order chi connectivity index (χ0) is 37.5. The van der Waals surface area contributed by atoms with Crippen LogP contribution in [0.5, 0.6) is 0 Å². The SMILES string of the molecule is CCN(CC)C(=O)c1cc(C#Cc2cc(C3=C(c4cc(-c5ccccc5)sc4C)C(F)(F)C(F)(F)C3(F)F)c(C)s2)cc(C(=O)N(CC)CC)n1. The number of rotatable bonds is 9. The number of nitrogens with zero attached hydrogens (tertiary/aromatic N) is 3. The molecule has 0 aliphatic heterocycles. The first-order valence-electron chi connectivity index (χ1n) is 16.3. The molecule has 0 bridgehead atoms. The van der Waals surface area contributed by atoms with E-state index in [0.717, 1.165) is 28.7 Å². The van der Waals surface area contributed by atoms with Crippen molar-refractivity contribution in [1.29, 1.82) is 0 Å². The summed E-state index contributed by atoms with van der Waals surface area (Å²) in [6.45, 7) is 11.6. The predicted molar refractivity (Wildman–Crippen MR) is 190 cm³/mol. The molecule has 4 aromatic rings. The molecule has 0 spiro atoms. The minimum Gasteiger partial charge on any atom is -0.338 e. The molecule has 5 nitrogen and oxygen atoms in total. The number of amides is 2. The monoisotopic (exact) mass is 743 g/mol. The zero-order valence-corrected chi connectivity index (χ0v) is 30.4. The second kappa shape index (κ2) is 14.3. The Morgan fingerprint density at radius 2 is 1.16 bits per heavy atom. The van der Waals surface area contributed by atoms with Crippen molar-refractivity contribution in [1.82, 2.24) is 14.8 Å². The Balaban J connectivity index is 1.65. The van der Waals surface area contributed by atoms with Gasteiger partial charge in [0.05, 0.1) is 4.88 Å². The molecule has 3 heterocycles. The van der Waals surface area contributed by atoms with Crippen molar-refractivity contribution >= 4 is 45.6 Å². The van der Waals surface area contributed by atoms with Crippen molar-refractivity contribution < 1.29 is 35.9 Å². The Morgan fingerprint density at radius 1 is 0.686 bits per heavy atom. The van der Waals surface area contributed by atoms with Gasteiger partial charge in [-0.05, 0) is 82.5 Å². The van der Waals surface area contributed by atoms with Crippen LogP contribution in [-0.4, -0.2) is 70.5 Å². The number of halogens is 6. The summed E-state index contributed by atoms with van der Waals surface area (Å²) in [6, 6.07) is 13.8.